The first kappa shape index (κ1) is 21.0. The van der Waals surface area contributed by atoms with Gasteiger partial charge in [0.2, 0.25) is 5.16 Å². The number of aromatic nitrogens is 3. The zero-order chi connectivity index (χ0) is 21.0. The smallest absolute Gasteiger partial charge is 0.210 e. The minimum atomic E-state index is -0.395. The summed E-state index contributed by atoms with van der Waals surface area (Å²) in [5, 5.41) is 8.80. The van der Waals surface area contributed by atoms with E-state index >= 15 is 0 Å². The van der Waals surface area contributed by atoms with E-state index in [1.165, 1.54) is 29.6 Å². The normalized spacial score (nSPS) is 11.1. The van der Waals surface area contributed by atoms with Gasteiger partial charge in [-0.2, -0.15) is 0 Å². The van der Waals surface area contributed by atoms with Gasteiger partial charge in [-0.25, -0.2) is 9.07 Å². The first-order valence-corrected chi connectivity index (χ1v) is 10.3. The van der Waals surface area contributed by atoms with Gasteiger partial charge in [0.1, 0.15) is 12.4 Å². The molecule has 0 saturated heterocycles. The first-order valence-electron chi connectivity index (χ1n) is 9.27. The molecule has 154 valence electrons. The van der Waals surface area contributed by atoms with Crippen molar-refractivity contribution in [2.45, 2.75) is 44.2 Å². The second kappa shape index (κ2) is 9.17. The van der Waals surface area contributed by atoms with Crippen LogP contribution in [0.25, 0.3) is 0 Å². The third-order valence-corrected chi connectivity index (χ3v) is 5.48. The summed E-state index contributed by atoms with van der Waals surface area (Å²) in [5.74, 6) is 8.15. The van der Waals surface area contributed by atoms with Crippen LogP contribution in [0, 0.1) is 12.7 Å². The highest BCUT2D eigenvalue weighted by Crippen LogP contribution is 2.28. The Labute approximate surface area is 174 Å². The van der Waals surface area contributed by atoms with Gasteiger partial charge in [0.15, 0.2) is 17.4 Å². The lowest BCUT2D eigenvalue weighted by molar-refractivity contribution is 0.287. The van der Waals surface area contributed by atoms with Crippen molar-refractivity contribution in [1.82, 2.24) is 14.9 Å². The molecule has 0 amide bonds. The average Bonchev–Trinajstić information content (AvgIpc) is 3.04. The van der Waals surface area contributed by atoms with Crippen molar-refractivity contribution in [2.24, 2.45) is 0 Å². The minimum absolute atomic E-state index is 0.213. The van der Waals surface area contributed by atoms with E-state index in [2.05, 4.69) is 36.2 Å². The molecule has 0 saturated carbocycles. The van der Waals surface area contributed by atoms with Crippen LogP contribution in [0.15, 0.2) is 41.6 Å². The molecule has 0 fully saturated rings. The van der Waals surface area contributed by atoms with Gasteiger partial charge in [-0.05, 0) is 47.7 Å². The van der Waals surface area contributed by atoms with Gasteiger partial charge in [0, 0.05) is 5.75 Å². The maximum Gasteiger partial charge on any atom is 0.210 e. The summed E-state index contributed by atoms with van der Waals surface area (Å²) in [4.78, 5) is 0. The SMILES string of the molecule is COc1ccc(CSc2nnc(COc3cc(C)ccc3C(C)C)n2N)cc1F. The van der Waals surface area contributed by atoms with Gasteiger partial charge in [-0.1, -0.05) is 43.8 Å². The van der Waals surface area contributed by atoms with E-state index in [0.717, 1.165) is 22.4 Å². The molecule has 0 spiro atoms. The van der Waals surface area contributed by atoms with Crippen LogP contribution >= 0.6 is 11.8 Å². The Balaban J connectivity index is 1.66. The lowest BCUT2D eigenvalue weighted by Crippen LogP contribution is -2.16. The number of nitrogens with zero attached hydrogens (tertiary/aromatic N) is 3. The van der Waals surface area contributed by atoms with Gasteiger partial charge in [0.05, 0.1) is 7.11 Å². The summed E-state index contributed by atoms with van der Waals surface area (Å²) in [6, 6.07) is 11.0. The topological polar surface area (TPSA) is 75.2 Å². The molecule has 0 aliphatic heterocycles. The fourth-order valence-electron chi connectivity index (χ4n) is 2.84. The third kappa shape index (κ3) is 5.00. The van der Waals surface area contributed by atoms with Gasteiger partial charge in [-0.3, -0.25) is 0 Å². The molecule has 29 heavy (non-hydrogen) atoms. The number of nitrogens with two attached hydrogens (primary N) is 1. The molecule has 3 aromatic rings. The number of halogens is 1. The second-order valence-electron chi connectivity index (χ2n) is 7.01. The van der Waals surface area contributed by atoms with Crippen LogP contribution in [0.2, 0.25) is 0 Å². The molecule has 0 bridgehead atoms. The summed E-state index contributed by atoms with van der Waals surface area (Å²) in [7, 11) is 1.44. The molecule has 1 heterocycles. The van der Waals surface area contributed by atoms with Crippen LogP contribution in [0.1, 0.15) is 42.3 Å². The van der Waals surface area contributed by atoms with E-state index in [9.17, 15) is 4.39 Å². The Hall–Kier alpha value is -2.74. The second-order valence-corrected chi connectivity index (χ2v) is 7.95. The number of methoxy groups -OCH3 is 1. The van der Waals surface area contributed by atoms with Gasteiger partial charge in [0.25, 0.3) is 0 Å². The van der Waals surface area contributed by atoms with Gasteiger partial charge in [-0.15, -0.1) is 10.2 Å². The Morgan fingerprint density at radius 1 is 1.14 bits per heavy atom. The monoisotopic (exact) mass is 416 g/mol. The first-order chi connectivity index (χ1) is 13.9. The highest BCUT2D eigenvalue weighted by Gasteiger charge is 2.14. The van der Waals surface area contributed by atoms with Gasteiger partial charge < -0.3 is 15.3 Å². The number of ether oxygens (including phenoxy) is 2. The highest BCUT2D eigenvalue weighted by atomic mass is 32.2. The summed E-state index contributed by atoms with van der Waals surface area (Å²) < 4.78 is 26.2. The number of rotatable bonds is 8. The molecule has 1 aromatic heterocycles. The molecule has 0 aliphatic rings. The predicted octanol–water partition coefficient (Wildman–Crippen LogP) is 4.44. The van der Waals surface area contributed by atoms with Crippen molar-refractivity contribution in [2.75, 3.05) is 13.0 Å². The van der Waals surface area contributed by atoms with Crippen LogP contribution in [0.3, 0.4) is 0 Å². The largest absolute Gasteiger partial charge is 0.494 e. The predicted molar refractivity (Wildman–Crippen MR) is 112 cm³/mol. The van der Waals surface area contributed by atoms with Crippen LogP contribution in [-0.2, 0) is 12.4 Å². The third-order valence-electron chi connectivity index (χ3n) is 4.47. The number of benzene rings is 2. The number of nitrogen functional groups attached to an aromatic ring is 1. The lowest BCUT2D eigenvalue weighted by atomic mass is 10.0. The molecule has 0 atom stereocenters. The van der Waals surface area contributed by atoms with Crippen LogP contribution in [-0.4, -0.2) is 22.0 Å². The number of hydrogen-bond donors (Lipinski definition) is 1. The number of aryl methyl sites for hydroxylation is 1. The molecule has 0 aliphatic carbocycles. The van der Waals surface area contributed by atoms with E-state index in [1.807, 2.05) is 13.0 Å². The number of hydrogen-bond acceptors (Lipinski definition) is 6. The molecule has 2 N–H and O–H groups in total. The molecule has 8 heteroatoms. The zero-order valence-corrected chi connectivity index (χ0v) is 17.8. The maximum absolute atomic E-state index is 13.8. The fraction of sp³-hybridized carbons (Fsp3) is 0.333. The van der Waals surface area contributed by atoms with Crippen molar-refractivity contribution in [3.05, 3.63) is 64.7 Å². The number of thioether (sulfide) groups is 1. The van der Waals surface area contributed by atoms with E-state index in [-0.39, 0.29) is 12.4 Å². The van der Waals surface area contributed by atoms with E-state index in [0.29, 0.717) is 22.7 Å². The minimum Gasteiger partial charge on any atom is -0.494 e. The van der Waals surface area contributed by atoms with Crippen molar-refractivity contribution >= 4 is 11.8 Å². The molecule has 6 nitrogen and oxygen atoms in total. The summed E-state index contributed by atoms with van der Waals surface area (Å²) in [5.41, 5.74) is 3.06. The molecule has 0 unspecified atom stereocenters. The van der Waals surface area contributed by atoms with Crippen molar-refractivity contribution < 1.29 is 13.9 Å². The summed E-state index contributed by atoms with van der Waals surface area (Å²) in [6.07, 6.45) is 0. The Morgan fingerprint density at radius 3 is 2.62 bits per heavy atom. The van der Waals surface area contributed by atoms with Crippen molar-refractivity contribution in [1.29, 1.82) is 0 Å². The van der Waals surface area contributed by atoms with Crippen LogP contribution in [0.5, 0.6) is 11.5 Å². The molecule has 3 rings (SSSR count). The molecular formula is C21H25FN4O2S. The summed E-state index contributed by atoms with van der Waals surface area (Å²) >= 11 is 1.38. The molecular weight excluding hydrogens is 391 g/mol. The molecule has 2 aromatic carbocycles. The van der Waals surface area contributed by atoms with Crippen molar-refractivity contribution in [3.8, 4) is 11.5 Å². The van der Waals surface area contributed by atoms with E-state index < -0.39 is 5.82 Å². The summed E-state index contributed by atoms with van der Waals surface area (Å²) in [6.45, 7) is 6.49. The zero-order valence-electron chi connectivity index (χ0n) is 17.0. The Bertz CT molecular complexity index is 991. The quantitative estimate of drug-likeness (QED) is 0.432. The standard InChI is InChI=1S/C21H25FN4O2S/c1-13(2)16-7-5-14(3)9-19(16)28-11-20-24-25-21(26(20)23)29-12-15-6-8-18(27-4)17(22)10-15/h5-10,13H,11-12,23H2,1-4H3. The lowest BCUT2D eigenvalue weighted by Gasteiger charge is -2.14. The fourth-order valence-corrected chi connectivity index (χ4v) is 3.66. The average molecular weight is 417 g/mol. The molecule has 0 radical (unpaired) electrons. The van der Waals surface area contributed by atoms with E-state index in [4.69, 9.17) is 15.3 Å². The van der Waals surface area contributed by atoms with Gasteiger partial charge >= 0.3 is 0 Å². The van der Waals surface area contributed by atoms with Crippen molar-refractivity contribution in [3.63, 3.8) is 0 Å². The van der Waals surface area contributed by atoms with Crippen LogP contribution < -0.4 is 15.3 Å². The Kier molecular flexibility index (Phi) is 6.64. The highest BCUT2D eigenvalue weighted by molar-refractivity contribution is 7.98. The van der Waals surface area contributed by atoms with E-state index in [1.54, 1.807) is 12.1 Å². The maximum atomic E-state index is 13.8. The Morgan fingerprint density at radius 2 is 1.93 bits per heavy atom. The van der Waals surface area contributed by atoms with Crippen LogP contribution in [0.4, 0.5) is 4.39 Å².